The zero-order valence-corrected chi connectivity index (χ0v) is 15.7. The molecule has 4 aliphatic carbocycles. The standard InChI is InChI=1S/C21H28N2O3/c1-13-3-17(7-19(24)22(13)2)26-18-11-23(12-18)20(25)21-8-14-4-15(9-21)6-16(5-14)10-21/h3,7,14-16,18H,4-6,8-12H2,1-2H3. The Bertz CT molecular complexity index is 771. The lowest BCUT2D eigenvalue weighted by Crippen LogP contribution is -2.62. The van der Waals surface area contributed by atoms with Crippen molar-refractivity contribution in [1.82, 2.24) is 9.47 Å². The van der Waals surface area contributed by atoms with Crippen molar-refractivity contribution in [2.45, 2.75) is 51.6 Å². The van der Waals surface area contributed by atoms with E-state index in [1.54, 1.807) is 11.6 Å². The fraction of sp³-hybridized carbons (Fsp3) is 0.714. The number of carbonyl (C=O) groups is 1. The Morgan fingerprint density at radius 2 is 1.65 bits per heavy atom. The summed E-state index contributed by atoms with van der Waals surface area (Å²) >= 11 is 0. The smallest absolute Gasteiger partial charge is 0.254 e. The van der Waals surface area contributed by atoms with Crippen molar-refractivity contribution in [3.8, 4) is 5.75 Å². The molecule has 1 aromatic rings. The molecule has 5 aliphatic rings. The summed E-state index contributed by atoms with van der Waals surface area (Å²) in [6, 6.07) is 3.43. The van der Waals surface area contributed by atoms with Crippen LogP contribution in [0.4, 0.5) is 0 Å². The van der Waals surface area contributed by atoms with Gasteiger partial charge in [-0.3, -0.25) is 9.59 Å². The van der Waals surface area contributed by atoms with Crippen LogP contribution >= 0.6 is 0 Å². The minimum Gasteiger partial charge on any atom is -0.486 e. The minimum absolute atomic E-state index is 0.0133. The summed E-state index contributed by atoms with van der Waals surface area (Å²) in [5, 5.41) is 0. The van der Waals surface area contributed by atoms with E-state index in [0.717, 1.165) is 42.7 Å². The number of amides is 1. The first-order chi connectivity index (χ1) is 12.4. The van der Waals surface area contributed by atoms with Crippen LogP contribution in [0.2, 0.25) is 0 Å². The Morgan fingerprint density at radius 3 is 2.19 bits per heavy atom. The number of nitrogens with zero attached hydrogens (tertiary/aromatic N) is 2. The van der Waals surface area contributed by atoms with Crippen LogP contribution in [0, 0.1) is 30.1 Å². The van der Waals surface area contributed by atoms with Crippen molar-refractivity contribution >= 4 is 5.91 Å². The van der Waals surface area contributed by atoms with Gasteiger partial charge in [0.15, 0.2) is 0 Å². The maximum Gasteiger partial charge on any atom is 0.254 e. The molecule has 0 spiro atoms. The molecule has 5 nitrogen and oxygen atoms in total. The second kappa shape index (κ2) is 5.61. The summed E-state index contributed by atoms with van der Waals surface area (Å²) in [6.07, 6.45) is 7.45. The quantitative estimate of drug-likeness (QED) is 0.836. The lowest BCUT2D eigenvalue weighted by molar-refractivity contribution is -0.166. The van der Waals surface area contributed by atoms with Gasteiger partial charge in [0.1, 0.15) is 11.9 Å². The number of carbonyl (C=O) groups excluding carboxylic acids is 1. The van der Waals surface area contributed by atoms with Crippen LogP contribution in [0.15, 0.2) is 16.9 Å². The van der Waals surface area contributed by atoms with Gasteiger partial charge in [-0.05, 0) is 69.3 Å². The lowest BCUT2D eigenvalue weighted by atomic mass is 9.49. The molecule has 26 heavy (non-hydrogen) atoms. The van der Waals surface area contributed by atoms with Crippen molar-refractivity contribution < 1.29 is 9.53 Å². The third-order valence-electron chi connectivity index (χ3n) is 7.41. The normalized spacial score (nSPS) is 35.5. The lowest BCUT2D eigenvalue weighted by Gasteiger charge is -2.57. The zero-order chi connectivity index (χ0) is 18.1. The van der Waals surface area contributed by atoms with Crippen LogP contribution in [0.3, 0.4) is 0 Å². The number of pyridine rings is 1. The summed E-state index contributed by atoms with van der Waals surface area (Å²) in [7, 11) is 1.76. The van der Waals surface area contributed by atoms with E-state index in [9.17, 15) is 9.59 Å². The molecule has 4 bridgehead atoms. The summed E-state index contributed by atoms with van der Waals surface area (Å²) in [6.45, 7) is 3.22. The molecule has 1 saturated heterocycles. The van der Waals surface area contributed by atoms with E-state index in [2.05, 4.69) is 0 Å². The van der Waals surface area contributed by atoms with Gasteiger partial charge in [-0.15, -0.1) is 0 Å². The third-order valence-corrected chi connectivity index (χ3v) is 7.41. The second-order valence-corrected chi connectivity index (χ2v) is 9.38. The Labute approximate surface area is 154 Å². The molecule has 0 unspecified atom stereocenters. The topological polar surface area (TPSA) is 51.5 Å². The van der Waals surface area contributed by atoms with Gasteiger partial charge in [0.05, 0.1) is 18.5 Å². The summed E-state index contributed by atoms with van der Waals surface area (Å²) in [5.41, 5.74) is 0.771. The zero-order valence-electron chi connectivity index (χ0n) is 15.7. The predicted molar refractivity (Wildman–Crippen MR) is 98.0 cm³/mol. The molecule has 0 atom stereocenters. The monoisotopic (exact) mass is 356 g/mol. The first-order valence-corrected chi connectivity index (χ1v) is 10.1. The first-order valence-electron chi connectivity index (χ1n) is 10.1. The molecule has 0 radical (unpaired) electrons. The number of aromatic nitrogens is 1. The molecule has 140 valence electrons. The third kappa shape index (κ3) is 2.50. The molecule has 0 aromatic carbocycles. The van der Waals surface area contributed by atoms with E-state index < -0.39 is 0 Å². The molecular formula is C21H28N2O3. The summed E-state index contributed by atoms with van der Waals surface area (Å²) < 4.78 is 7.57. The highest BCUT2D eigenvalue weighted by atomic mass is 16.5. The van der Waals surface area contributed by atoms with Gasteiger partial charge in [-0.1, -0.05) is 0 Å². The van der Waals surface area contributed by atoms with Gasteiger partial charge in [0.25, 0.3) is 5.56 Å². The number of rotatable bonds is 3. The Kier molecular flexibility index (Phi) is 3.54. The van der Waals surface area contributed by atoms with Gasteiger partial charge in [-0.25, -0.2) is 0 Å². The highest BCUT2D eigenvalue weighted by Crippen LogP contribution is 2.60. The average Bonchev–Trinajstić information content (AvgIpc) is 2.53. The fourth-order valence-electron chi connectivity index (χ4n) is 6.38. The predicted octanol–water partition coefficient (Wildman–Crippen LogP) is 2.50. The molecule has 5 fully saturated rings. The maximum absolute atomic E-state index is 13.2. The van der Waals surface area contributed by atoms with E-state index >= 15 is 0 Å². The van der Waals surface area contributed by atoms with Crippen LogP contribution in [-0.4, -0.2) is 34.6 Å². The summed E-state index contributed by atoms with van der Waals surface area (Å²) in [4.78, 5) is 27.2. The molecule has 4 saturated carbocycles. The fourth-order valence-corrected chi connectivity index (χ4v) is 6.38. The molecule has 1 aromatic heterocycles. The number of hydrogen-bond acceptors (Lipinski definition) is 3. The molecule has 0 N–H and O–H groups in total. The van der Waals surface area contributed by atoms with Crippen LogP contribution in [-0.2, 0) is 11.8 Å². The second-order valence-electron chi connectivity index (χ2n) is 9.38. The Balaban J connectivity index is 1.23. The largest absolute Gasteiger partial charge is 0.486 e. The van der Waals surface area contributed by atoms with Gasteiger partial charge >= 0.3 is 0 Å². The van der Waals surface area contributed by atoms with Crippen molar-refractivity contribution in [3.63, 3.8) is 0 Å². The highest BCUT2D eigenvalue weighted by Gasteiger charge is 2.56. The number of hydrogen-bond donors (Lipinski definition) is 0. The molecule has 1 aliphatic heterocycles. The van der Waals surface area contributed by atoms with E-state index in [1.807, 2.05) is 17.9 Å². The van der Waals surface area contributed by atoms with Crippen molar-refractivity contribution in [2.24, 2.45) is 30.2 Å². The van der Waals surface area contributed by atoms with Crippen molar-refractivity contribution in [3.05, 3.63) is 28.2 Å². The van der Waals surface area contributed by atoms with Gasteiger partial charge in [0, 0.05) is 18.8 Å². The molecular weight excluding hydrogens is 328 g/mol. The number of aryl methyl sites for hydroxylation is 1. The molecule has 6 rings (SSSR count). The van der Waals surface area contributed by atoms with Crippen molar-refractivity contribution in [1.29, 1.82) is 0 Å². The van der Waals surface area contributed by atoms with Crippen molar-refractivity contribution in [2.75, 3.05) is 13.1 Å². The molecule has 5 heteroatoms. The number of likely N-dealkylation sites (tertiary alicyclic amines) is 1. The van der Waals surface area contributed by atoms with Gasteiger partial charge < -0.3 is 14.2 Å². The highest BCUT2D eigenvalue weighted by molar-refractivity contribution is 5.84. The van der Waals surface area contributed by atoms with E-state index in [4.69, 9.17) is 4.74 Å². The molecule has 2 heterocycles. The average molecular weight is 356 g/mol. The van der Waals surface area contributed by atoms with Crippen LogP contribution in [0.5, 0.6) is 5.75 Å². The van der Waals surface area contributed by atoms with Gasteiger partial charge in [0.2, 0.25) is 5.91 Å². The SMILES string of the molecule is Cc1cc(OC2CN(C(=O)C34CC5CC(CC(C5)C3)C4)C2)cc(=O)n1C. The minimum atomic E-state index is -0.0566. The first kappa shape index (κ1) is 16.4. The van der Waals surface area contributed by atoms with E-state index in [1.165, 1.54) is 25.3 Å². The van der Waals surface area contributed by atoms with Crippen LogP contribution in [0.25, 0.3) is 0 Å². The molecule has 1 amide bonds. The van der Waals surface area contributed by atoms with Crippen LogP contribution in [0.1, 0.15) is 44.2 Å². The maximum atomic E-state index is 13.2. The van der Waals surface area contributed by atoms with E-state index in [-0.39, 0.29) is 17.1 Å². The number of ether oxygens (including phenoxy) is 1. The summed E-state index contributed by atoms with van der Waals surface area (Å²) in [5.74, 6) is 3.39. The van der Waals surface area contributed by atoms with E-state index in [0.29, 0.717) is 24.7 Å². The van der Waals surface area contributed by atoms with Gasteiger partial charge in [-0.2, -0.15) is 0 Å². The van der Waals surface area contributed by atoms with Crippen LogP contribution < -0.4 is 10.3 Å². The Hall–Kier alpha value is -1.78. The Morgan fingerprint density at radius 1 is 1.08 bits per heavy atom.